The van der Waals surface area contributed by atoms with Crippen LogP contribution < -0.4 is 4.74 Å². The highest BCUT2D eigenvalue weighted by atomic mass is 16.5. The molecule has 0 bridgehead atoms. The minimum atomic E-state index is -0.665. The summed E-state index contributed by atoms with van der Waals surface area (Å²) in [5, 5.41) is 11.1. The van der Waals surface area contributed by atoms with Crippen molar-refractivity contribution in [1.29, 1.82) is 0 Å². The predicted molar refractivity (Wildman–Crippen MR) is 126 cm³/mol. The molecule has 2 aromatic rings. The Morgan fingerprint density at radius 2 is 1.62 bits per heavy atom. The van der Waals surface area contributed by atoms with Gasteiger partial charge in [0.2, 0.25) is 0 Å². The lowest BCUT2D eigenvalue weighted by Gasteiger charge is -2.27. The second kappa shape index (κ2) is 9.17. The topological polar surface area (TPSA) is 70.1 Å². The normalized spacial score (nSPS) is 18.5. The van der Waals surface area contributed by atoms with Crippen LogP contribution in [0.25, 0.3) is 5.76 Å². The number of likely N-dealkylation sites (tertiary alicyclic amines) is 1. The number of aliphatic hydroxyl groups excluding tert-OH is 1. The zero-order valence-electron chi connectivity index (χ0n) is 19.7. The Kier molecular flexibility index (Phi) is 6.74. The molecule has 3 rings (SSSR count). The molecule has 0 aromatic heterocycles. The van der Waals surface area contributed by atoms with Gasteiger partial charge >= 0.3 is 0 Å². The second-order valence-corrected chi connectivity index (χ2v) is 9.40. The number of aliphatic hydroxyl groups is 1. The van der Waals surface area contributed by atoms with Crippen LogP contribution >= 0.6 is 0 Å². The van der Waals surface area contributed by atoms with Gasteiger partial charge in [0.15, 0.2) is 0 Å². The van der Waals surface area contributed by atoms with Crippen LogP contribution in [0, 0.1) is 0 Å². The zero-order valence-corrected chi connectivity index (χ0v) is 19.7. The van der Waals surface area contributed by atoms with E-state index in [0.717, 1.165) is 11.1 Å². The summed E-state index contributed by atoms with van der Waals surface area (Å²) in [5.74, 6) is -0.792. The SMILES string of the molecule is COc1ccc(/C(O)=C2\C(=O)C(=O)N(CCN(C)C)[C@H]2c2ccc(C(C)(C)C)cc2)cc1. The van der Waals surface area contributed by atoms with Gasteiger partial charge in [-0.15, -0.1) is 0 Å². The smallest absolute Gasteiger partial charge is 0.295 e. The molecule has 170 valence electrons. The maximum atomic E-state index is 13.1. The number of hydrogen-bond donors (Lipinski definition) is 1. The van der Waals surface area contributed by atoms with Gasteiger partial charge in [-0.25, -0.2) is 0 Å². The van der Waals surface area contributed by atoms with Crippen molar-refractivity contribution in [3.8, 4) is 5.75 Å². The molecule has 1 heterocycles. The van der Waals surface area contributed by atoms with Crippen molar-refractivity contribution in [3.05, 3.63) is 70.8 Å². The molecule has 1 amide bonds. The van der Waals surface area contributed by atoms with Gasteiger partial charge in [0.25, 0.3) is 11.7 Å². The van der Waals surface area contributed by atoms with Crippen LogP contribution in [-0.4, -0.2) is 60.9 Å². The molecule has 1 saturated heterocycles. The lowest BCUT2D eigenvalue weighted by atomic mass is 9.85. The number of amides is 1. The third kappa shape index (κ3) is 4.70. The Morgan fingerprint density at radius 3 is 2.12 bits per heavy atom. The van der Waals surface area contributed by atoms with Gasteiger partial charge in [-0.2, -0.15) is 0 Å². The number of methoxy groups -OCH3 is 1. The van der Waals surface area contributed by atoms with Crippen LogP contribution in [-0.2, 0) is 15.0 Å². The van der Waals surface area contributed by atoms with Crippen molar-refractivity contribution in [3.63, 3.8) is 0 Å². The largest absolute Gasteiger partial charge is 0.507 e. The number of likely N-dealkylation sites (N-methyl/N-ethyl adjacent to an activating group) is 1. The highest BCUT2D eigenvalue weighted by Gasteiger charge is 2.45. The first-order valence-electron chi connectivity index (χ1n) is 10.7. The van der Waals surface area contributed by atoms with E-state index in [1.807, 2.05) is 43.3 Å². The Hall–Kier alpha value is -3.12. The Balaban J connectivity index is 2.12. The summed E-state index contributed by atoms with van der Waals surface area (Å²) in [6.45, 7) is 7.38. The minimum Gasteiger partial charge on any atom is -0.507 e. The van der Waals surface area contributed by atoms with E-state index in [1.54, 1.807) is 36.3 Å². The molecule has 1 fully saturated rings. The van der Waals surface area contributed by atoms with Gasteiger partial charge in [0, 0.05) is 18.7 Å². The molecular weight excluding hydrogens is 404 g/mol. The van der Waals surface area contributed by atoms with Crippen LogP contribution in [0.3, 0.4) is 0 Å². The molecule has 1 aliphatic heterocycles. The van der Waals surface area contributed by atoms with Gasteiger partial charge < -0.3 is 19.6 Å². The summed E-state index contributed by atoms with van der Waals surface area (Å²) >= 11 is 0. The molecule has 1 atom stereocenters. The van der Waals surface area contributed by atoms with Crippen molar-refractivity contribution in [1.82, 2.24) is 9.80 Å². The molecule has 0 spiro atoms. The van der Waals surface area contributed by atoms with Crippen molar-refractivity contribution >= 4 is 17.4 Å². The fraction of sp³-hybridized carbons (Fsp3) is 0.385. The summed E-state index contributed by atoms with van der Waals surface area (Å²) in [7, 11) is 5.40. The number of ether oxygens (including phenoxy) is 1. The maximum absolute atomic E-state index is 13.1. The standard InChI is InChI=1S/C26H32N2O4/c1-26(2,3)19-11-7-17(8-12-19)22-21(23(29)18-9-13-20(32-6)14-10-18)24(30)25(31)28(22)16-15-27(4)5/h7-14,22,29H,15-16H2,1-6H3/b23-21+/t22-/m0/s1. The van der Waals surface area contributed by atoms with Gasteiger partial charge in [-0.3, -0.25) is 9.59 Å². The lowest BCUT2D eigenvalue weighted by Crippen LogP contribution is -2.35. The fourth-order valence-electron chi connectivity index (χ4n) is 3.83. The highest BCUT2D eigenvalue weighted by Crippen LogP contribution is 2.40. The molecule has 6 nitrogen and oxygen atoms in total. The molecule has 0 saturated carbocycles. The molecule has 1 N–H and O–H groups in total. The quantitative estimate of drug-likeness (QED) is 0.421. The molecule has 6 heteroatoms. The number of Topliss-reactive ketones (excluding diaryl/α,β-unsaturated/α-hetero) is 1. The van der Waals surface area contributed by atoms with Gasteiger partial charge in [0.05, 0.1) is 18.7 Å². The van der Waals surface area contributed by atoms with E-state index in [9.17, 15) is 14.7 Å². The van der Waals surface area contributed by atoms with Crippen molar-refractivity contribution in [2.45, 2.75) is 32.2 Å². The number of ketones is 1. The van der Waals surface area contributed by atoms with Crippen LogP contribution in [0.15, 0.2) is 54.1 Å². The van der Waals surface area contributed by atoms with Gasteiger partial charge in [0.1, 0.15) is 11.5 Å². The molecule has 32 heavy (non-hydrogen) atoms. The second-order valence-electron chi connectivity index (χ2n) is 9.40. The number of hydrogen-bond acceptors (Lipinski definition) is 5. The lowest BCUT2D eigenvalue weighted by molar-refractivity contribution is -0.140. The van der Waals surface area contributed by atoms with Crippen LogP contribution in [0.5, 0.6) is 5.75 Å². The number of rotatable bonds is 6. The Labute approximate surface area is 190 Å². The zero-order chi connectivity index (χ0) is 23.6. The predicted octanol–water partition coefficient (Wildman–Crippen LogP) is 3.98. The third-order valence-electron chi connectivity index (χ3n) is 5.78. The average molecular weight is 437 g/mol. The first kappa shape index (κ1) is 23.5. The van der Waals surface area contributed by atoms with E-state index < -0.39 is 17.7 Å². The van der Waals surface area contributed by atoms with E-state index in [0.29, 0.717) is 24.4 Å². The number of benzene rings is 2. The molecule has 0 aliphatic carbocycles. The summed E-state index contributed by atoms with van der Waals surface area (Å²) in [6.07, 6.45) is 0. The number of nitrogens with zero attached hydrogens (tertiary/aromatic N) is 2. The molecule has 1 aliphatic rings. The van der Waals surface area contributed by atoms with Crippen molar-refractivity contribution in [2.75, 3.05) is 34.3 Å². The van der Waals surface area contributed by atoms with Crippen LogP contribution in [0.2, 0.25) is 0 Å². The van der Waals surface area contributed by atoms with E-state index in [-0.39, 0.29) is 16.7 Å². The monoisotopic (exact) mass is 436 g/mol. The van der Waals surface area contributed by atoms with Crippen molar-refractivity contribution in [2.24, 2.45) is 0 Å². The molecule has 0 radical (unpaired) electrons. The Bertz CT molecular complexity index is 1020. The van der Waals surface area contributed by atoms with E-state index in [4.69, 9.17) is 4.74 Å². The van der Waals surface area contributed by atoms with Gasteiger partial charge in [-0.1, -0.05) is 45.0 Å². The minimum absolute atomic E-state index is 0.0195. The third-order valence-corrected chi connectivity index (χ3v) is 5.78. The van der Waals surface area contributed by atoms with Gasteiger partial charge in [-0.05, 0) is 54.9 Å². The van der Waals surface area contributed by atoms with Crippen LogP contribution in [0.1, 0.15) is 43.5 Å². The van der Waals surface area contributed by atoms with E-state index >= 15 is 0 Å². The van der Waals surface area contributed by atoms with E-state index in [2.05, 4.69) is 20.8 Å². The summed E-state index contributed by atoms with van der Waals surface area (Å²) in [6, 6.07) is 14.1. The van der Waals surface area contributed by atoms with E-state index in [1.165, 1.54) is 0 Å². The number of carbonyl (C=O) groups is 2. The maximum Gasteiger partial charge on any atom is 0.295 e. The molecule has 2 aromatic carbocycles. The number of carbonyl (C=O) groups excluding carboxylic acids is 2. The molecular formula is C26H32N2O4. The summed E-state index contributed by atoms with van der Waals surface area (Å²) in [5.41, 5.74) is 2.51. The van der Waals surface area contributed by atoms with Crippen LogP contribution in [0.4, 0.5) is 0 Å². The average Bonchev–Trinajstić information content (AvgIpc) is 3.01. The Morgan fingerprint density at radius 1 is 1.03 bits per heavy atom. The highest BCUT2D eigenvalue weighted by molar-refractivity contribution is 6.46. The van der Waals surface area contributed by atoms with Crippen molar-refractivity contribution < 1.29 is 19.4 Å². The first-order chi connectivity index (χ1) is 15.0. The summed E-state index contributed by atoms with van der Waals surface area (Å²) in [4.78, 5) is 29.5. The fourth-order valence-corrected chi connectivity index (χ4v) is 3.83. The first-order valence-corrected chi connectivity index (χ1v) is 10.7. The summed E-state index contributed by atoms with van der Waals surface area (Å²) < 4.78 is 5.18. The molecule has 0 unspecified atom stereocenters.